The highest BCUT2D eigenvalue weighted by Gasteiger charge is 2.01. The minimum atomic E-state index is 0. The first-order valence-electron chi connectivity index (χ1n) is 4.15. The van der Waals surface area contributed by atoms with Gasteiger partial charge in [0.1, 0.15) is 0 Å². The third-order valence-electron chi connectivity index (χ3n) is 2.12. The second-order valence-corrected chi connectivity index (χ2v) is 3.26. The molecule has 3 N–H and O–H groups in total. The van der Waals surface area contributed by atoms with Crippen LogP contribution in [0.15, 0.2) is 12.1 Å². The maximum atomic E-state index is 5.29. The topological polar surface area (TPSA) is 38.0 Å². The second kappa shape index (κ2) is 5.22. The average molecular weight is 201 g/mol. The van der Waals surface area contributed by atoms with Gasteiger partial charge in [0, 0.05) is 6.54 Å². The summed E-state index contributed by atoms with van der Waals surface area (Å²) >= 11 is 0. The Morgan fingerprint density at radius 3 is 2.00 bits per heavy atom. The summed E-state index contributed by atoms with van der Waals surface area (Å²) < 4.78 is 0. The summed E-state index contributed by atoms with van der Waals surface area (Å²) in [6, 6.07) is 4.36. The van der Waals surface area contributed by atoms with E-state index in [1.807, 2.05) is 0 Å². The number of benzene rings is 1. The van der Waals surface area contributed by atoms with E-state index in [2.05, 4.69) is 38.3 Å². The monoisotopic (exact) mass is 200 g/mol. The number of halogens is 1. The molecular weight excluding hydrogens is 184 g/mol. The predicted octanol–water partition coefficient (Wildman–Crippen LogP) is 2.00. The number of aryl methyl sites for hydroxylation is 3. The van der Waals surface area contributed by atoms with Crippen LogP contribution < -0.4 is 11.3 Å². The van der Waals surface area contributed by atoms with Crippen LogP contribution in [0.25, 0.3) is 0 Å². The van der Waals surface area contributed by atoms with E-state index in [4.69, 9.17) is 5.84 Å². The largest absolute Gasteiger partial charge is 0.271 e. The molecule has 1 rings (SSSR count). The van der Waals surface area contributed by atoms with Crippen molar-refractivity contribution in [3.63, 3.8) is 0 Å². The summed E-state index contributed by atoms with van der Waals surface area (Å²) in [4.78, 5) is 0. The minimum absolute atomic E-state index is 0. The molecule has 0 spiro atoms. The molecule has 3 heteroatoms. The maximum absolute atomic E-state index is 5.29. The molecule has 74 valence electrons. The molecule has 0 aliphatic heterocycles. The molecule has 0 unspecified atom stereocenters. The smallest absolute Gasteiger partial charge is 0.0353 e. The van der Waals surface area contributed by atoms with E-state index in [-0.39, 0.29) is 12.4 Å². The van der Waals surface area contributed by atoms with E-state index in [9.17, 15) is 0 Å². The lowest BCUT2D eigenvalue weighted by atomic mass is 10.0. The lowest BCUT2D eigenvalue weighted by Gasteiger charge is -2.09. The quantitative estimate of drug-likeness (QED) is 0.566. The van der Waals surface area contributed by atoms with Crippen molar-refractivity contribution >= 4 is 12.4 Å². The van der Waals surface area contributed by atoms with Gasteiger partial charge in [0.05, 0.1) is 0 Å². The highest BCUT2D eigenvalue weighted by atomic mass is 35.5. The van der Waals surface area contributed by atoms with Crippen molar-refractivity contribution in [2.24, 2.45) is 5.84 Å². The Labute approximate surface area is 85.9 Å². The lowest BCUT2D eigenvalue weighted by Crippen LogP contribution is -2.22. The lowest BCUT2D eigenvalue weighted by molar-refractivity contribution is 0.733. The van der Waals surface area contributed by atoms with Gasteiger partial charge < -0.3 is 0 Å². The molecule has 0 aliphatic carbocycles. The van der Waals surface area contributed by atoms with Gasteiger partial charge >= 0.3 is 0 Å². The summed E-state index contributed by atoms with van der Waals surface area (Å²) in [5, 5.41) is 0. The van der Waals surface area contributed by atoms with Crippen LogP contribution in [0.2, 0.25) is 0 Å². The van der Waals surface area contributed by atoms with Crippen LogP contribution in [0.5, 0.6) is 0 Å². The average Bonchev–Trinajstić information content (AvgIpc) is 1.96. The SMILES string of the molecule is Cc1cc(C)c(CNN)c(C)c1.Cl. The van der Waals surface area contributed by atoms with Gasteiger partial charge in [-0.05, 0) is 37.5 Å². The number of nitrogens with two attached hydrogens (primary N) is 1. The van der Waals surface area contributed by atoms with Crippen molar-refractivity contribution < 1.29 is 0 Å². The Morgan fingerprint density at radius 1 is 1.15 bits per heavy atom. The van der Waals surface area contributed by atoms with E-state index in [1.54, 1.807) is 0 Å². The fourth-order valence-electron chi connectivity index (χ4n) is 1.59. The predicted molar refractivity (Wildman–Crippen MR) is 58.9 cm³/mol. The minimum Gasteiger partial charge on any atom is -0.271 e. The number of rotatable bonds is 2. The van der Waals surface area contributed by atoms with Crippen LogP contribution in [0.3, 0.4) is 0 Å². The third-order valence-corrected chi connectivity index (χ3v) is 2.12. The van der Waals surface area contributed by atoms with E-state index in [0.29, 0.717) is 0 Å². The molecule has 0 radical (unpaired) electrons. The molecule has 0 aliphatic rings. The normalized spacial score (nSPS) is 9.54. The first-order chi connectivity index (χ1) is 5.65. The van der Waals surface area contributed by atoms with Gasteiger partial charge in [-0.25, -0.2) is 0 Å². The van der Waals surface area contributed by atoms with Gasteiger partial charge in [-0.2, -0.15) is 0 Å². The first-order valence-corrected chi connectivity index (χ1v) is 4.15. The fraction of sp³-hybridized carbons (Fsp3) is 0.400. The van der Waals surface area contributed by atoms with Crippen LogP contribution in [-0.4, -0.2) is 0 Å². The van der Waals surface area contributed by atoms with Crippen molar-refractivity contribution in [2.45, 2.75) is 27.3 Å². The van der Waals surface area contributed by atoms with Crippen LogP contribution >= 0.6 is 12.4 Å². The summed E-state index contributed by atoms with van der Waals surface area (Å²) in [5.41, 5.74) is 7.93. The van der Waals surface area contributed by atoms with Gasteiger partial charge in [0.2, 0.25) is 0 Å². The summed E-state index contributed by atoms with van der Waals surface area (Å²) in [5.74, 6) is 5.29. The molecule has 0 bridgehead atoms. The highest BCUT2D eigenvalue weighted by molar-refractivity contribution is 5.85. The van der Waals surface area contributed by atoms with Crippen molar-refractivity contribution in [3.05, 3.63) is 34.4 Å². The van der Waals surface area contributed by atoms with Crippen LogP contribution in [0.4, 0.5) is 0 Å². The molecule has 0 atom stereocenters. The van der Waals surface area contributed by atoms with Crippen molar-refractivity contribution in [3.8, 4) is 0 Å². The zero-order chi connectivity index (χ0) is 9.14. The Bertz CT molecular complexity index is 261. The van der Waals surface area contributed by atoms with Crippen LogP contribution in [0, 0.1) is 20.8 Å². The second-order valence-electron chi connectivity index (χ2n) is 3.26. The van der Waals surface area contributed by atoms with E-state index in [1.165, 1.54) is 22.3 Å². The number of hydrogen-bond donors (Lipinski definition) is 2. The standard InChI is InChI=1S/C10H16N2.ClH/c1-7-4-8(2)10(6-12-11)9(3)5-7;/h4-5,12H,6,11H2,1-3H3;1H. The Hall–Kier alpha value is -0.570. The Kier molecular flexibility index (Phi) is 4.99. The molecule has 1 aromatic rings. The third kappa shape index (κ3) is 2.99. The van der Waals surface area contributed by atoms with Crippen molar-refractivity contribution in [1.29, 1.82) is 0 Å². The van der Waals surface area contributed by atoms with Crippen LogP contribution in [-0.2, 0) is 6.54 Å². The maximum Gasteiger partial charge on any atom is 0.0353 e. The Balaban J connectivity index is 0.00000144. The Morgan fingerprint density at radius 2 is 1.62 bits per heavy atom. The molecule has 13 heavy (non-hydrogen) atoms. The summed E-state index contributed by atoms with van der Waals surface area (Å²) in [6.45, 7) is 7.09. The molecule has 0 saturated carbocycles. The summed E-state index contributed by atoms with van der Waals surface area (Å²) in [6.07, 6.45) is 0. The fourth-order valence-corrected chi connectivity index (χ4v) is 1.59. The zero-order valence-electron chi connectivity index (χ0n) is 8.35. The molecule has 0 fully saturated rings. The van der Waals surface area contributed by atoms with Gasteiger partial charge in [0.15, 0.2) is 0 Å². The molecule has 2 nitrogen and oxygen atoms in total. The molecule has 0 heterocycles. The number of hydrazine groups is 1. The van der Waals surface area contributed by atoms with Gasteiger partial charge in [-0.1, -0.05) is 17.7 Å². The van der Waals surface area contributed by atoms with Gasteiger partial charge in [0.25, 0.3) is 0 Å². The van der Waals surface area contributed by atoms with Crippen LogP contribution in [0.1, 0.15) is 22.3 Å². The summed E-state index contributed by atoms with van der Waals surface area (Å²) in [7, 11) is 0. The number of hydrogen-bond acceptors (Lipinski definition) is 2. The van der Waals surface area contributed by atoms with E-state index in [0.717, 1.165) is 6.54 Å². The molecule has 0 aromatic heterocycles. The van der Waals surface area contributed by atoms with Gasteiger partial charge in [-0.3, -0.25) is 11.3 Å². The van der Waals surface area contributed by atoms with Crippen molar-refractivity contribution in [2.75, 3.05) is 0 Å². The number of nitrogens with one attached hydrogen (secondary N) is 1. The zero-order valence-corrected chi connectivity index (χ0v) is 9.16. The first kappa shape index (κ1) is 12.4. The highest BCUT2D eigenvalue weighted by Crippen LogP contribution is 2.15. The van der Waals surface area contributed by atoms with E-state index >= 15 is 0 Å². The van der Waals surface area contributed by atoms with E-state index < -0.39 is 0 Å². The molecule has 0 saturated heterocycles. The molecule has 0 amide bonds. The van der Waals surface area contributed by atoms with Gasteiger partial charge in [-0.15, -0.1) is 12.4 Å². The van der Waals surface area contributed by atoms with Crippen molar-refractivity contribution in [1.82, 2.24) is 5.43 Å². The molecular formula is C10H17ClN2. The molecule has 1 aromatic carbocycles.